The van der Waals surface area contributed by atoms with Crippen molar-refractivity contribution in [3.63, 3.8) is 0 Å². The average molecular weight is 200 g/mol. The van der Waals surface area contributed by atoms with Gasteiger partial charge in [0.15, 0.2) is 0 Å². The molecule has 14 heavy (non-hydrogen) atoms. The van der Waals surface area contributed by atoms with Gasteiger partial charge in [-0.3, -0.25) is 4.79 Å². The van der Waals surface area contributed by atoms with Crippen LogP contribution in [0.1, 0.15) is 33.1 Å². The number of nitrogens with one attached hydrogen (secondary N) is 1. The van der Waals surface area contributed by atoms with Crippen molar-refractivity contribution < 1.29 is 9.90 Å². The van der Waals surface area contributed by atoms with E-state index in [2.05, 4.69) is 5.32 Å². The van der Waals surface area contributed by atoms with Crippen LogP contribution < -0.4 is 11.1 Å². The number of aliphatic hydroxyl groups is 1. The van der Waals surface area contributed by atoms with E-state index in [1.165, 1.54) is 0 Å². The molecule has 82 valence electrons. The van der Waals surface area contributed by atoms with Crippen molar-refractivity contribution in [1.29, 1.82) is 0 Å². The standard InChI is InChI=1S/C10H20N2O2/c1-6(2)3-9(11)10(14)12-7-4-8(13)5-7/h6-9,13H,3-5,11H2,1-2H3,(H,12,14)/t7?,8?,9-/m1/s1. The predicted molar refractivity (Wildman–Crippen MR) is 54.6 cm³/mol. The van der Waals surface area contributed by atoms with Crippen LogP contribution in [0.3, 0.4) is 0 Å². The number of hydrogen-bond acceptors (Lipinski definition) is 3. The Labute approximate surface area is 84.9 Å². The smallest absolute Gasteiger partial charge is 0.237 e. The fraction of sp³-hybridized carbons (Fsp3) is 0.900. The molecule has 4 heteroatoms. The molecular formula is C10H20N2O2. The molecule has 0 heterocycles. The molecule has 1 aliphatic carbocycles. The number of hydrogen-bond donors (Lipinski definition) is 3. The summed E-state index contributed by atoms with van der Waals surface area (Å²) in [5.41, 5.74) is 5.71. The second-order valence-electron chi connectivity index (χ2n) is 4.57. The van der Waals surface area contributed by atoms with Crippen molar-refractivity contribution in [1.82, 2.24) is 5.32 Å². The summed E-state index contributed by atoms with van der Waals surface area (Å²) in [7, 11) is 0. The molecule has 4 N–H and O–H groups in total. The van der Waals surface area contributed by atoms with Crippen LogP contribution in [0.2, 0.25) is 0 Å². The zero-order valence-electron chi connectivity index (χ0n) is 8.86. The summed E-state index contributed by atoms with van der Waals surface area (Å²) < 4.78 is 0. The topological polar surface area (TPSA) is 75.4 Å². The van der Waals surface area contributed by atoms with Crippen LogP contribution in [0.25, 0.3) is 0 Å². The average Bonchev–Trinajstić information content (AvgIpc) is 2.00. The van der Waals surface area contributed by atoms with Gasteiger partial charge in [-0.25, -0.2) is 0 Å². The van der Waals surface area contributed by atoms with E-state index in [9.17, 15) is 4.79 Å². The van der Waals surface area contributed by atoms with Gasteiger partial charge >= 0.3 is 0 Å². The molecule has 4 nitrogen and oxygen atoms in total. The molecule has 0 unspecified atom stereocenters. The van der Waals surface area contributed by atoms with Gasteiger partial charge in [0.2, 0.25) is 5.91 Å². The van der Waals surface area contributed by atoms with Gasteiger partial charge < -0.3 is 16.2 Å². The predicted octanol–water partition coefficient (Wildman–Crippen LogP) is -0.000700. The van der Waals surface area contributed by atoms with Gasteiger partial charge in [0, 0.05) is 6.04 Å². The van der Waals surface area contributed by atoms with Gasteiger partial charge in [-0.05, 0) is 25.2 Å². The van der Waals surface area contributed by atoms with Crippen LogP contribution in [0, 0.1) is 5.92 Å². The second kappa shape index (κ2) is 4.75. The van der Waals surface area contributed by atoms with Crippen LogP contribution in [-0.2, 0) is 4.79 Å². The number of aliphatic hydroxyl groups excluding tert-OH is 1. The summed E-state index contributed by atoms with van der Waals surface area (Å²) in [4.78, 5) is 11.5. The summed E-state index contributed by atoms with van der Waals surface area (Å²) in [6, 6.07) is -0.275. The van der Waals surface area contributed by atoms with Crippen LogP contribution in [0.15, 0.2) is 0 Å². The summed E-state index contributed by atoms with van der Waals surface area (Å²) in [6.07, 6.45) is 1.81. The van der Waals surface area contributed by atoms with Crippen molar-refractivity contribution in [2.75, 3.05) is 0 Å². The lowest BCUT2D eigenvalue weighted by Gasteiger charge is -2.32. The first-order chi connectivity index (χ1) is 6.49. The second-order valence-corrected chi connectivity index (χ2v) is 4.57. The van der Waals surface area contributed by atoms with Gasteiger partial charge in [0.25, 0.3) is 0 Å². The molecule has 0 aliphatic heterocycles. The minimum atomic E-state index is -0.409. The Hall–Kier alpha value is -0.610. The van der Waals surface area contributed by atoms with Crippen LogP contribution in [0.4, 0.5) is 0 Å². The highest BCUT2D eigenvalue weighted by atomic mass is 16.3. The molecule has 0 radical (unpaired) electrons. The Morgan fingerprint density at radius 2 is 2.14 bits per heavy atom. The number of amides is 1. The monoisotopic (exact) mass is 200 g/mol. The van der Waals surface area contributed by atoms with E-state index in [0.717, 1.165) is 0 Å². The normalized spacial score (nSPS) is 28.4. The molecule has 0 spiro atoms. The quantitative estimate of drug-likeness (QED) is 0.598. The maximum Gasteiger partial charge on any atom is 0.237 e. The lowest BCUT2D eigenvalue weighted by molar-refractivity contribution is -0.124. The molecule has 1 amide bonds. The zero-order chi connectivity index (χ0) is 10.7. The molecule has 0 aromatic heterocycles. The molecular weight excluding hydrogens is 180 g/mol. The largest absolute Gasteiger partial charge is 0.393 e. The fourth-order valence-corrected chi connectivity index (χ4v) is 1.63. The molecule has 1 aliphatic rings. The van der Waals surface area contributed by atoms with E-state index >= 15 is 0 Å². The number of nitrogens with two attached hydrogens (primary N) is 1. The lowest BCUT2D eigenvalue weighted by Crippen LogP contribution is -2.52. The van der Waals surface area contributed by atoms with E-state index in [1.807, 2.05) is 13.8 Å². The Balaban J connectivity index is 2.20. The number of carbonyl (C=O) groups is 1. The van der Waals surface area contributed by atoms with Crippen molar-refractivity contribution in [2.24, 2.45) is 11.7 Å². The van der Waals surface area contributed by atoms with Crippen molar-refractivity contribution in [2.45, 2.75) is 51.3 Å². The summed E-state index contributed by atoms with van der Waals surface area (Å²) in [5, 5.41) is 11.9. The minimum absolute atomic E-state index is 0.0874. The van der Waals surface area contributed by atoms with Crippen molar-refractivity contribution >= 4 is 5.91 Å². The fourth-order valence-electron chi connectivity index (χ4n) is 1.63. The summed E-state index contributed by atoms with van der Waals surface area (Å²) in [5.74, 6) is 0.346. The Bertz CT molecular complexity index is 200. The first-order valence-corrected chi connectivity index (χ1v) is 5.23. The van der Waals surface area contributed by atoms with Crippen molar-refractivity contribution in [3.8, 4) is 0 Å². The van der Waals surface area contributed by atoms with Crippen LogP contribution >= 0.6 is 0 Å². The first kappa shape index (κ1) is 11.5. The van der Waals surface area contributed by atoms with Gasteiger partial charge in [0.05, 0.1) is 12.1 Å². The molecule has 1 saturated carbocycles. The third-order valence-corrected chi connectivity index (χ3v) is 2.52. The van der Waals surface area contributed by atoms with Gasteiger partial charge in [-0.2, -0.15) is 0 Å². The maximum atomic E-state index is 11.5. The Morgan fingerprint density at radius 3 is 2.57 bits per heavy atom. The maximum absolute atomic E-state index is 11.5. The zero-order valence-corrected chi connectivity index (χ0v) is 8.86. The Morgan fingerprint density at radius 1 is 1.57 bits per heavy atom. The van der Waals surface area contributed by atoms with Crippen LogP contribution in [-0.4, -0.2) is 29.2 Å². The number of rotatable bonds is 4. The van der Waals surface area contributed by atoms with Crippen LogP contribution in [0.5, 0.6) is 0 Å². The highest BCUT2D eigenvalue weighted by molar-refractivity contribution is 5.81. The molecule has 0 aromatic rings. The SMILES string of the molecule is CC(C)C[C@@H](N)C(=O)NC1CC(O)C1. The summed E-state index contributed by atoms with van der Waals surface area (Å²) >= 11 is 0. The van der Waals surface area contributed by atoms with E-state index in [0.29, 0.717) is 25.2 Å². The molecule has 1 atom stereocenters. The third kappa shape index (κ3) is 3.27. The Kier molecular flexibility index (Phi) is 3.89. The van der Waals surface area contributed by atoms with E-state index < -0.39 is 6.04 Å². The van der Waals surface area contributed by atoms with Gasteiger partial charge in [-0.1, -0.05) is 13.8 Å². The summed E-state index contributed by atoms with van der Waals surface area (Å²) in [6.45, 7) is 4.08. The lowest BCUT2D eigenvalue weighted by atomic mass is 9.89. The van der Waals surface area contributed by atoms with E-state index in [1.54, 1.807) is 0 Å². The molecule has 0 aromatic carbocycles. The highest BCUT2D eigenvalue weighted by Gasteiger charge is 2.29. The van der Waals surface area contributed by atoms with Gasteiger partial charge in [-0.15, -0.1) is 0 Å². The molecule has 0 saturated heterocycles. The van der Waals surface area contributed by atoms with E-state index in [4.69, 9.17) is 10.8 Å². The minimum Gasteiger partial charge on any atom is -0.393 e. The molecule has 0 bridgehead atoms. The number of carbonyl (C=O) groups excluding carboxylic acids is 1. The third-order valence-electron chi connectivity index (χ3n) is 2.52. The van der Waals surface area contributed by atoms with E-state index in [-0.39, 0.29) is 18.1 Å². The van der Waals surface area contributed by atoms with Gasteiger partial charge in [0.1, 0.15) is 0 Å². The highest BCUT2D eigenvalue weighted by Crippen LogP contribution is 2.19. The van der Waals surface area contributed by atoms with Crippen molar-refractivity contribution in [3.05, 3.63) is 0 Å². The molecule has 1 fully saturated rings. The first-order valence-electron chi connectivity index (χ1n) is 5.23. The molecule has 1 rings (SSSR count).